The van der Waals surface area contributed by atoms with Gasteiger partial charge in [0.25, 0.3) is 5.91 Å². The van der Waals surface area contributed by atoms with Crippen molar-refractivity contribution in [2.24, 2.45) is 0 Å². The summed E-state index contributed by atoms with van der Waals surface area (Å²) in [5, 5.41) is 11.3. The molecule has 3 heterocycles. The zero-order valence-electron chi connectivity index (χ0n) is 19.8. The molecule has 10 nitrogen and oxygen atoms in total. The van der Waals surface area contributed by atoms with Crippen LogP contribution < -0.4 is 21.3 Å². The molecule has 0 radical (unpaired) electrons. The Kier molecular flexibility index (Phi) is 6.50. The van der Waals surface area contributed by atoms with Crippen LogP contribution in [0.2, 0.25) is 0 Å². The van der Waals surface area contributed by atoms with Gasteiger partial charge in [0.05, 0.1) is 12.2 Å². The van der Waals surface area contributed by atoms with Crippen LogP contribution in [0.4, 0.5) is 27.5 Å². The van der Waals surface area contributed by atoms with E-state index in [-0.39, 0.29) is 42.4 Å². The number of nitrogens with zero attached hydrogens (tertiary/aromatic N) is 3. The van der Waals surface area contributed by atoms with Crippen molar-refractivity contribution in [3.05, 3.63) is 83.9 Å². The third kappa shape index (κ3) is 5.10. The van der Waals surface area contributed by atoms with Crippen LogP contribution in [0.5, 0.6) is 0 Å². The number of anilines is 4. The maximum Gasteiger partial charge on any atom is 0.255 e. The Hall–Kier alpha value is -4.80. The Labute approximate surface area is 212 Å². The van der Waals surface area contributed by atoms with E-state index < -0.39 is 11.9 Å². The zero-order chi connectivity index (χ0) is 25.9. The predicted molar refractivity (Wildman–Crippen MR) is 135 cm³/mol. The molecule has 37 heavy (non-hydrogen) atoms. The van der Waals surface area contributed by atoms with Gasteiger partial charge in [0.2, 0.25) is 17.8 Å². The number of nitrogens with one attached hydrogen (secondary N) is 4. The molecule has 3 amide bonds. The fourth-order valence-corrected chi connectivity index (χ4v) is 4.35. The Morgan fingerprint density at radius 1 is 1.14 bits per heavy atom. The van der Waals surface area contributed by atoms with Gasteiger partial charge in [-0.1, -0.05) is 24.8 Å². The number of rotatable bonds is 7. The summed E-state index contributed by atoms with van der Waals surface area (Å²) in [5.74, 6) is -0.744. The highest BCUT2D eigenvalue weighted by Crippen LogP contribution is 2.32. The van der Waals surface area contributed by atoms with Crippen molar-refractivity contribution >= 4 is 40.9 Å². The molecule has 1 saturated heterocycles. The Morgan fingerprint density at radius 2 is 1.95 bits per heavy atom. The van der Waals surface area contributed by atoms with Crippen LogP contribution in [0.15, 0.2) is 67.0 Å². The molecule has 4 N–H and O–H groups in total. The fraction of sp³-hybridized carbons (Fsp3) is 0.192. The molecule has 0 spiro atoms. The van der Waals surface area contributed by atoms with Crippen LogP contribution >= 0.6 is 0 Å². The van der Waals surface area contributed by atoms with Gasteiger partial charge in [-0.3, -0.25) is 14.4 Å². The van der Waals surface area contributed by atoms with Gasteiger partial charge in [-0.25, -0.2) is 9.37 Å². The topological polar surface area (TPSA) is 128 Å². The highest BCUT2D eigenvalue weighted by molar-refractivity contribution is 6.04. The first-order chi connectivity index (χ1) is 17.9. The highest BCUT2D eigenvalue weighted by Gasteiger charge is 2.39. The molecule has 1 aromatic heterocycles. The molecule has 2 aromatic carbocycles. The van der Waals surface area contributed by atoms with E-state index in [0.717, 1.165) is 0 Å². The van der Waals surface area contributed by atoms with Gasteiger partial charge in [0, 0.05) is 35.3 Å². The van der Waals surface area contributed by atoms with Crippen molar-refractivity contribution in [2.75, 3.05) is 22.5 Å². The standard InChI is InChI=1S/C26H24FN7O3/c1-15-9-10-21(24(36)30-15)34-14-17-16(25(34)37)5-4-8-19(17)31-23(35)13-29-22-11-12-28-26(33-22)32-20-7-3-2-6-18(20)27/h2-8,11-12,21H,1,9-10,13-14H2,(H,30,36)(H,31,35)(H2,28,29,32,33). The first-order valence-corrected chi connectivity index (χ1v) is 11.7. The maximum atomic E-state index is 13.9. The van der Waals surface area contributed by atoms with Crippen LogP contribution in [-0.2, 0) is 16.1 Å². The summed E-state index contributed by atoms with van der Waals surface area (Å²) in [4.78, 5) is 48.0. The number of halogens is 1. The van der Waals surface area contributed by atoms with Gasteiger partial charge in [0.15, 0.2) is 0 Å². The van der Waals surface area contributed by atoms with E-state index in [1.54, 1.807) is 42.5 Å². The van der Waals surface area contributed by atoms with Crippen molar-refractivity contribution in [2.45, 2.75) is 25.4 Å². The summed E-state index contributed by atoms with van der Waals surface area (Å²) < 4.78 is 13.9. The summed E-state index contributed by atoms with van der Waals surface area (Å²) >= 11 is 0. The van der Waals surface area contributed by atoms with Crippen molar-refractivity contribution in [3.63, 3.8) is 0 Å². The van der Waals surface area contributed by atoms with Gasteiger partial charge in [0.1, 0.15) is 17.7 Å². The van der Waals surface area contributed by atoms with Crippen LogP contribution in [0.25, 0.3) is 0 Å². The Balaban J connectivity index is 1.22. The van der Waals surface area contributed by atoms with E-state index in [1.807, 2.05) is 0 Å². The normalized spacial score (nSPS) is 16.7. The number of hydrogen-bond acceptors (Lipinski definition) is 7. The van der Waals surface area contributed by atoms with Crippen LogP contribution in [-0.4, -0.2) is 45.2 Å². The minimum Gasteiger partial charge on any atom is -0.361 e. The molecule has 188 valence electrons. The van der Waals surface area contributed by atoms with Crippen LogP contribution in [0.3, 0.4) is 0 Å². The van der Waals surface area contributed by atoms with Gasteiger partial charge >= 0.3 is 0 Å². The van der Waals surface area contributed by atoms with E-state index >= 15 is 0 Å². The smallest absolute Gasteiger partial charge is 0.255 e. The Bertz CT molecular complexity index is 1410. The third-order valence-corrected chi connectivity index (χ3v) is 6.17. The summed E-state index contributed by atoms with van der Waals surface area (Å²) in [7, 11) is 0. The van der Waals surface area contributed by atoms with E-state index in [0.29, 0.717) is 41.2 Å². The van der Waals surface area contributed by atoms with E-state index in [2.05, 4.69) is 37.8 Å². The number of fused-ring (bicyclic) bond motifs is 1. The zero-order valence-corrected chi connectivity index (χ0v) is 19.8. The molecule has 2 aliphatic rings. The third-order valence-electron chi connectivity index (χ3n) is 6.17. The lowest BCUT2D eigenvalue weighted by atomic mass is 10.0. The Morgan fingerprint density at radius 3 is 2.76 bits per heavy atom. The van der Waals surface area contributed by atoms with Gasteiger partial charge < -0.3 is 26.2 Å². The number of carbonyl (C=O) groups is 3. The molecule has 0 bridgehead atoms. The lowest BCUT2D eigenvalue weighted by Gasteiger charge is -2.31. The molecule has 1 atom stereocenters. The second kappa shape index (κ2) is 10.1. The lowest BCUT2D eigenvalue weighted by molar-refractivity contribution is -0.126. The molecule has 0 saturated carbocycles. The number of amides is 3. The number of piperidine rings is 1. The van der Waals surface area contributed by atoms with E-state index in [1.165, 1.54) is 17.2 Å². The molecule has 11 heteroatoms. The van der Waals surface area contributed by atoms with Gasteiger partial charge in [-0.15, -0.1) is 0 Å². The van der Waals surface area contributed by atoms with Crippen LogP contribution in [0, 0.1) is 5.82 Å². The average Bonchev–Trinajstić information content (AvgIpc) is 3.22. The first kappa shape index (κ1) is 23.9. The van der Waals surface area contributed by atoms with Crippen molar-refractivity contribution in [1.82, 2.24) is 20.2 Å². The number of benzene rings is 2. The van der Waals surface area contributed by atoms with Crippen LogP contribution in [0.1, 0.15) is 28.8 Å². The minimum absolute atomic E-state index is 0.107. The number of aromatic nitrogens is 2. The maximum absolute atomic E-state index is 13.9. The quantitative estimate of drug-likeness (QED) is 0.392. The predicted octanol–water partition coefficient (Wildman–Crippen LogP) is 3.16. The number of carbonyl (C=O) groups excluding carboxylic acids is 3. The molecule has 3 aromatic rings. The molecular formula is C26H24FN7O3. The number of para-hydroxylation sites is 1. The SMILES string of the molecule is C=C1CCC(N2Cc3c(NC(=O)CNc4ccnc(Nc5ccccc5F)n4)cccc3C2=O)C(=O)N1. The van der Waals surface area contributed by atoms with Gasteiger partial charge in [-0.05, 0) is 43.2 Å². The average molecular weight is 502 g/mol. The number of allylic oxidation sites excluding steroid dienone is 1. The largest absolute Gasteiger partial charge is 0.361 e. The van der Waals surface area contributed by atoms with Gasteiger partial charge in [-0.2, -0.15) is 4.98 Å². The molecule has 2 aliphatic heterocycles. The molecule has 1 fully saturated rings. The van der Waals surface area contributed by atoms with Crippen molar-refractivity contribution in [1.29, 1.82) is 0 Å². The lowest BCUT2D eigenvalue weighted by Crippen LogP contribution is -2.49. The minimum atomic E-state index is -0.583. The molecule has 5 rings (SSSR count). The second-order valence-corrected chi connectivity index (χ2v) is 8.68. The fourth-order valence-electron chi connectivity index (χ4n) is 4.35. The van der Waals surface area contributed by atoms with Crippen molar-refractivity contribution < 1.29 is 18.8 Å². The summed E-state index contributed by atoms with van der Waals surface area (Å²) in [6.45, 7) is 3.90. The van der Waals surface area contributed by atoms with Crippen molar-refractivity contribution in [3.8, 4) is 0 Å². The molecular weight excluding hydrogens is 477 g/mol. The second-order valence-electron chi connectivity index (χ2n) is 8.68. The summed E-state index contributed by atoms with van der Waals surface area (Å²) in [6.07, 6.45) is 2.59. The summed E-state index contributed by atoms with van der Waals surface area (Å²) in [6, 6.07) is 12.3. The first-order valence-electron chi connectivity index (χ1n) is 11.7. The van der Waals surface area contributed by atoms with E-state index in [9.17, 15) is 18.8 Å². The summed E-state index contributed by atoms with van der Waals surface area (Å²) in [5.41, 5.74) is 2.50. The highest BCUT2D eigenvalue weighted by atomic mass is 19.1. The van der Waals surface area contributed by atoms with E-state index in [4.69, 9.17) is 0 Å². The number of hydrogen-bond donors (Lipinski definition) is 4. The molecule has 0 aliphatic carbocycles. The molecule has 1 unspecified atom stereocenters. The monoisotopic (exact) mass is 501 g/mol.